The van der Waals surface area contributed by atoms with Crippen LogP contribution in [0.25, 0.3) is 11.1 Å². The van der Waals surface area contributed by atoms with Gasteiger partial charge in [-0.3, -0.25) is 0 Å². The van der Waals surface area contributed by atoms with Gasteiger partial charge in [-0.25, -0.2) is 8.78 Å². The van der Waals surface area contributed by atoms with E-state index in [2.05, 4.69) is 13.8 Å². The van der Waals surface area contributed by atoms with Crippen LogP contribution in [0.5, 0.6) is 11.5 Å². The second-order valence-electron chi connectivity index (χ2n) is 9.54. The fourth-order valence-corrected chi connectivity index (χ4v) is 4.79. The second-order valence-corrected chi connectivity index (χ2v) is 9.54. The molecule has 0 radical (unpaired) electrons. The highest BCUT2D eigenvalue weighted by Gasteiger charge is 2.25. The highest BCUT2D eigenvalue weighted by Crippen LogP contribution is 2.40. The number of fused-ring (bicyclic) bond motifs is 3. The molecule has 0 unspecified atom stereocenters. The smallest absolute Gasteiger partial charge is 0.168 e. The molecule has 4 heteroatoms. The molecule has 0 heterocycles. The first-order valence-electron chi connectivity index (χ1n) is 13.6. The Morgan fingerprint density at radius 2 is 0.941 bits per heavy atom. The van der Waals surface area contributed by atoms with Crippen molar-refractivity contribution in [3.8, 4) is 22.6 Å². The molecule has 0 spiro atoms. The van der Waals surface area contributed by atoms with Gasteiger partial charge in [0, 0.05) is 0 Å². The SMILES string of the molecule is CCCCCCCCCOc1ccc2c(c1F)CCc1c-2ccc(OCCCCCCC)c1F. The predicted molar refractivity (Wildman–Crippen MR) is 137 cm³/mol. The standard InChI is InChI=1S/C30H42F2O2/c1-3-5-7-9-10-12-14-22-34-28-20-18-24-23-17-19-27(33-21-13-11-8-6-4-2)29(31)25(23)15-16-26(24)30(28)32/h17-20H,3-16,21-22H2,1-2H3. The Kier molecular flexibility index (Phi) is 11.2. The summed E-state index contributed by atoms with van der Waals surface area (Å²) in [7, 11) is 0. The average molecular weight is 473 g/mol. The summed E-state index contributed by atoms with van der Waals surface area (Å²) in [5, 5.41) is 0. The Balaban J connectivity index is 1.56. The summed E-state index contributed by atoms with van der Waals surface area (Å²) in [6, 6.07) is 7.15. The van der Waals surface area contributed by atoms with Crippen molar-refractivity contribution in [2.24, 2.45) is 0 Å². The number of benzene rings is 2. The van der Waals surface area contributed by atoms with E-state index in [0.29, 0.717) is 48.7 Å². The molecule has 2 nitrogen and oxygen atoms in total. The molecular weight excluding hydrogens is 430 g/mol. The molecule has 34 heavy (non-hydrogen) atoms. The largest absolute Gasteiger partial charge is 0.491 e. The van der Waals surface area contributed by atoms with Crippen LogP contribution in [0.1, 0.15) is 102 Å². The van der Waals surface area contributed by atoms with Crippen LogP contribution in [0.3, 0.4) is 0 Å². The quantitative estimate of drug-likeness (QED) is 0.227. The van der Waals surface area contributed by atoms with Gasteiger partial charge in [-0.1, -0.05) is 90.2 Å². The molecule has 0 atom stereocenters. The third kappa shape index (κ3) is 7.20. The van der Waals surface area contributed by atoms with Gasteiger partial charge in [0.15, 0.2) is 23.1 Å². The van der Waals surface area contributed by atoms with Crippen LogP contribution < -0.4 is 9.47 Å². The lowest BCUT2D eigenvalue weighted by Crippen LogP contribution is -2.11. The van der Waals surface area contributed by atoms with E-state index in [1.54, 1.807) is 12.1 Å². The van der Waals surface area contributed by atoms with Crippen molar-refractivity contribution < 1.29 is 18.3 Å². The summed E-state index contributed by atoms with van der Waals surface area (Å²) in [5.74, 6) is 0.0415. The summed E-state index contributed by atoms with van der Waals surface area (Å²) in [4.78, 5) is 0. The Bertz CT molecular complexity index is 894. The van der Waals surface area contributed by atoms with Crippen molar-refractivity contribution in [1.82, 2.24) is 0 Å². The van der Waals surface area contributed by atoms with E-state index >= 15 is 8.78 Å². The van der Waals surface area contributed by atoms with Gasteiger partial charge in [-0.15, -0.1) is 0 Å². The Labute approximate surface area is 205 Å². The van der Waals surface area contributed by atoms with Gasteiger partial charge in [-0.2, -0.15) is 0 Å². The molecule has 0 bridgehead atoms. The van der Waals surface area contributed by atoms with Crippen molar-refractivity contribution in [3.05, 3.63) is 47.0 Å². The molecule has 1 aliphatic rings. The minimum Gasteiger partial charge on any atom is -0.491 e. The zero-order valence-electron chi connectivity index (χ0n) is 21.2. The zero-order chi connectivity index (χ0) is 24.2. The van der Waals surface area contributed by atoms with Crippen LogP contribution in [0.2, 0.25) is 0 Å². The zero-order valence-corrected chi connectivity index (χ0v) is 21.2. The van der Waals surface area contributed by atoms with E-state index < -0.39 is 0 Å². The molecule has 3 rings (SSSR count). The van der Waals surface area contributed by atoms with Gasteiger partial charge in [0.1, 0.15) is 0 Å². The van der Waals surface area contributed by atoms with E-state index in [9.17, 15) is 0 Å². The first-order chi connectivity index (χ1) is 16.7. The normalized spacial score (nSPS) is 12.4. The molecule has 2 aromatic rings. The Morgan fingerprint density at radius 1 is 0.559 bits per heavy atom. The predicted octanol–water partition coefficient (Wildman–Crippen LogP) is 9.21. The Hall–Kier alpha value is -2.10. The van der Waals surface area contributed by atoms with Gasteiger partial charge in [0.05, 0.1) is 13.2 Å². The monoisotopic (exact) mass is 472 g/mol. The molecular formula is C30H42F2O2. The van der Waals surface area contributed by atoms with Crippen LogP contribution in [0.15, 0.2) is 24.3 Å². The molecule has 0 saturated heterocycles. The van der Waals surface area contributed by atoms with Crippen LogP contribution in [0, 0.1) is 11.6 Å². The van der Waals surface area contributed by atoms with Crippen LogP contribution >= 0.6 is 0 Å². The summed E-state index contributed by atoms with van der Waals surface area (Å²) >= 11 is 0. The molecule has 0 aromatic heterocycles. The van der Waals surface area contributed by atoms with E-state index in [1.807, 2.05) is 12.1 Å². The Morgan fingerprint density at radius 3 is 1.35 bits per heavy atom. The summed E-state index contributed by atoms with van der Waals surface area (Å²) in [6.07, 6.45) is 15.0. The minimum absolute atomic E-state index is 0.293. The topological polar surface area (TPSA) is 18.5 Å². The third-order valence-electron chi connectivity index (χ3n) is 6.84. The maximum Gasteiger partial charge on any atom is 0.168 e. The van der Waals surface area contributed by atoms with Gasteiger partial charge >= 0.3 is 0 Å². The fourth-order valence-electron chi connectivity index (χ4n) is 4.79. The molecule has 0 aliphatic heterocycles. The minimum atomic E-state index is -0.295. The lowest BCUT2D eigenvalue weighted by atomic mass is 9.84. The third-order valence-corrected chi connectivity index (χ3v) is 6.84. The number of rotatable bonds is 16. The summed E-state index contributed by atoms with van der Waals surface area (Å²) in [5.41, 5.74) is 2.80. The van der Waals surface area contributed by atoms with E-state index in [-0.39, 0.29) is 11.6 Å². The lowest BCUT2D eigenvalue weighted by Gasteiger charge is -2.23. The van der Waals surface area contributed by atoms with Crippen LogP contribution in [-0.4, -0.2) is 13.2 Å². The number of hydrogen-bond acceptors (Lipinski definition) is 2. The number of ether oxygens (including phenoxy) is 2. The maximum atomic E-state index is 15.2. The van der Waals surface area contributed by atoms with Crippen molar-refractivity contribution in [2.45, 2.75) is 104 Å². The van der Waals surface area contributed by atoms with Gasteiger partial charge in [0.25, 0.3) is 0 Å². The average Bonchev–Trinajstić information content (AvgIpc) is 2.85. The highest BCUT2D eigenvalue weighted by molar-refractivity contribution is 5.75. The number of unbranched alkanes of at least 4 members (excludes halogenated alkanes) is 10. The van der Waals surface area contributed by atoms with E-state index in [0.717, 1.165) is 36.8 Å². The molecule has 2 aromatic carbocycles. The van der Waals surface area contributed by atoms with Crippen molar-refractivity contribution in [3.63, 3.8) is 0 Å². The first kappa shape index (κ1) is 26.5. The van der Waals surface area contributed by atoms with Crippen molar-refractivity contribution in [2.75, 3.05) is 13.2 Å². The molecule has 1 aliphatic carbocycles. The molecule has 0 N–H and O–H groups in total. The fraction of sp³-hybridized carbons (Fsp3) is 0.600. The van der Waals surface area contributed by atoms with E-state index in [4.69, 9.17) is 9.47 Å². The maximum absolute atomic E-state index is 15.2. The summed E-state index contributed by atoms with van der Waals surface area (Å²) < 4.78 is 41.9. The van der Waals surface area contributed by atoms with Gasteiger partial charge in [-0.05, 0) is 60.1 Å². The highest BCUT2D eigenvalue weighted by atomic mass is 19.1. The van der Waals surface area contributed by atoms with Gasteiger partial charge in [0.2, 0.25) is 0 Å². The molecule has 188 valence electrons. The first-order valence-corrected chi connectivity index (χ1v) is 13.6. The molecule has 0 amide bonds. The van der Waals surface area contributed by atoms with Crippen LogP contribution in [0.4, 0.5) is 8.78 Å². The molecule has 0 fully saturated rings. The lowest BCUT2D eigenvalue weighted by molar-refractivity contribution is 0.288. The van der Waals surface area contributed by atoms with Gasteiger partial charge < -0.3 is 9.47 Å². The van der Waals surface area contributed by atoms with Crippen molar-refractivity contribution >= 4 is 0 Å². The number of halogens is 2. The van der Waals surface area contributed by atoms with E-state index in [1.165, 1.54) is 51.4 Å². The summed E-state index contributed by atoms with van der Waals surface area (Å²) in [6.45, 7) is 5.48. The second kappa shape index (κ2) is 14.3. The van der Waals surface area contributed by atoms with Crippen molar-refractivity contribution in [1.29, 1.82) is 0 Å². The number of hydrogen-bond donors (Lipinski definition) is 0. The molecule has 0 saturated carbocycles. The van der Waals surface area contributed by atoms with Crippen LogP contribution in [-0.2, 0) is 12.8 Å².